The lowest BCUT2D eigenvalue weighted by Gasteiger charge is -2.06. The summed E-state index contributed by atoms with van der Waals surface area (Å²) in [6.45, 7) is 0. The van der Waals surface area contributed by atoms with Crippen molar-refractivity contribution in [1.29, 1.82) is 0 Å². The molecule has 0 atom stereocenters. The third-order valence-corrected chi connectivity index (χ3v) is 3.90. The van der Waals surface area contributed by atoms with E-state index in [1.165, 1.54) is 18.3 Å². The monoisotopic (exact) mass is 407 g/mol. The van der Waals surface area contributed by atoms with Crippen LogP contribution >= 0.6 is 11.6 Å². The van der Waals surface area contributed by atoms with Crippen LogP contribution in [0.25, 0.3) is 0 Å². The first kappa shape index (κ1) is 19.4. The summed E-state index contributed by atoms with van der Waals surface area (Å²) in [6.07, 6.45) is -3.14. The second-order valence-electron chi connectivity index (χ2n) is 5.67. The summed E-state index contributed by atoms with van der Waals surface area (Å²) in [5.74, 6) is -0.566. The summed E-state index contributed by atoms with van der Waals surface area (Å²) < 4.78 is 37.8. The molecule has 1 heterocycles. The van der Waals surface area contributed by atoms with Crippen LogP contribution in [-0.2, 0) is 6.18 Å². The molecule has 0 aliphatic heterocycles. The molecule has 0 radical (unpaired) electrons. The van der Waals surface area contributed by atoms with Crippen molar-refractivity contribution in [1.82, 2.24) is 10.2 Å². The number of rotatable bonds is 5. The van der Waals surface area contributed by atoms with E-state index < -0.39 is 17.6 Å². The van der Waals surface area contributed by atoms with E-state index in [-0.39, 0.29) is 17.2 Å². The third-order valence-electron chi connectivity index (χ3n) is 3.66. The Morgan fingerprint density at radius 3 is 2.54 bits per heavy atom. The van der Waals surface area contributed by atoms with E-state index in [1.807, 2.05) is 0 Å². The zero-order chi connectivity index (χ0) is 20.3. The van der Waals surface area contributed by atoms with Gasteiger partial charge in [0, 0.05) is 16.9 Å². The number of aromatic amines is 1. The minimum absolute atomic E-state index is 0.00285. The van der Waals surface area contributed by atoms with Gasteiger partial charge in [0.15, 0.2) is 5.82 Å². The number of hydrogen-bond donors (Lipinski definition) is 3. The number of H-pyrrole nitrogens is 1. The zero-order valence-electron chi connectivity index (χ0n) is 14.1. The van der Waals surface area contributed by atoms with E-state index >= 15 is 0 Å². The summed E-state index contributed by atoms with van der Waals surface area (Å²) in [6, 6.07) is 11.2. The number of aliphatic imine (C=N–C) groups is 1. The van der Waals surface area contributed by atoms with E-state index in [0.29, 0.717) is 16.3 Å². The molecule has 0 unspecified atom stereocenters. The lowest BCUT2D eigenvalue weighted by Crippen LogP contribution is -2.12. The van der Waals surface area contributed by atoms with Gasteiger partial charge in [-0.1, -0.05) is 29.8 Å². The number of carbonyl (C=O) groups is 1. The lowest BCUT2D eigenvalue weighted by atomic mass is 10.1. The highest BCUT2D eigenvalue weighted by Crippen LogP contribution is 2.29. The second-order valence-corrected chi connectivity index (χ2v) is 6.11. The van der Waals surface area contributed by atoms with Crippen LogP contribution in [-0.4, -0.2) is 22.3 Å². The highest BCUT2D eigenvalue weighted by Gasteiger charge is 2.29. The van der Waals surface area contributed by atoms with Crippen LogP contribution in [0.4, 0.5) is 30.5 Å². The Labute approximate surface area is 162 Å². The molecule has 1 aromatic heterocycles. The number of amides is 1. The largest absolute Gasteiger partial charge is 0.416 e. The predicted molar refractivity (Wildman–Crippen MR) is 101 cm³/mol. The van der Waals surface area contributed by atoms with Gasteiger partial charge < -0.3 is 11.1 Å². The van der Waals surface area contributed by atoms with Crippen molar-refractivity contribution < 1.29 is 18.0 Å². The lowest BCUT2D eigenvalue weighted by molar-refractivity contribution is -0.137. The van der Waals surface area contributed by atoms with Crippen molar-refractivity contribution in [3.8, 4) is 0 Å². The Hall–Kier alpha value is -3.33. The van der Waals surface area contributed by atoms with Crippen LogP contribution in [0.15, 0.2) is 53.5 Å². The maximum atomic E-state index is 12.6. The molecule has 3 aromatic rings. The number of halogens is 4. The van der Waals surface area contributed by atoms with Crippen molar-refractivity contribution >= 4 is 41.0 Å². The van der Waals surface area contributed by atoms with Gasteiger partial charge >= 0.3 is 6.18 Å². The normalized spacial score (nSPS) is 11.7. The Balaban J connectivity index is 1.85. The van der Waals surface area contributed by atoms with Crippen LogP contribution < -0.4 is 11.1 Å². The van der Waals surface area contributed by atoms with Gasteiger partial charge in [-0.25, -0.2) is 4.99 Å². The van der Waals surface area contributed by atoms with Gasteiger partial charge in [-0.2, -0.15) is 18.3 Å². The predicted octanol–water partition coefficient (Wildman–Crippen LogP) is 4.68. The van der Waals surface area contributed by atoms with Gasteiger partial charge in [0.05, 0.1) is 5.56 Å². The Bertz CT molecular complexity index is 1030. The van der Waals surface area contributed by atoms with Crippen LogP contribution in [0.5, 0.6) is 0 Å². The Morgan fingerprint density at radius 2 is 1.93 bits per heavy atom. The number of alkyl halides is 3. The summed E-state index contributed by atoms with van der Waals surface area (Å²) in [7, 11) is 0. The van der Waals surface area contributed by atoms with Crippen molar-refractivity contribution in [3.63, 3.8) is 0 Å². The molecule has 0 spiro atoms. The molecule has 28 heavy (non-hydrogen) atoms. The van der Waals surface area contributed by atoms with Crippen LogP contribution in [0.1, 0.15) is 21.5 Å². The molecular formula is C18H13ClF3N5O. The minimum atomic E-state index is -4.42. The third kappa shape index (κ3) is 4.49. The van der Waals surface area contributed by atoms with Gasteiger partial charge in [0.1, 0.15) is 11.4 Å². The number of nitrogens with two attached hydrogens (primary N) is 1. The molecule has 6 nitrogen and oxygen atoms in total. The standard InChI is InChI=1S/C18H13ClF3N5O/c19-12-2-1-3-13(8-12)25-17-14(15(23)28)16(26-27-17)24-9-10-4-6-11(7-5-10)18(20,21)22/h1-9H,(H2,23,28)(H2,25,26,27). The molecule has 0 aliphatic carbocycles. The van der Waals surface area contributed by atoms with E-state index in [0.717, 1.165) is 12.1 Å². The fraction of sp³-hybridized carbons (Fsp3) is 0.0556. The molecule has 2 aromatic carbocycles. The van der Waals surface area contributed by atoms with E-state index in [4.69, 9.17) is 17.3 Å². The van der Waals surface area contributed by atoms with Crippen LogP contribution in [0.2, 0.25) is 5.02 Å². The summed E-state index contributed by atoms with van der Waals surface area (Å²) in [5, 5.41) is 9.98. The molecule has 1 amide bonds. The Kier molecular flexibility index (Phi) is 5.36. The minimum Gasteiger partial charge on any atom is -0.365 e. The molecule has 144 valence electrons. The number of benzene rings is 2. The first-order chi connectivity index (χ1) is 13.2. The fourth-order valence-corrected chi connectivity index (χ4v) is 2.54. The summed E-state index contributed by atoms with van der Waals surface area (Å²) in [4.78, 5) is 15.9. The average Bonchev–Trinajstić information content (AvgIpc) is 3.02. The number of primary amides is 1. The van der Waals surface area contributed by atoms with E-state index in [2.05, 4.69) is 20.5 Å². The Morgan fingerprint density at radius 1 is 1.21 bits per heavy atom. The number of aromatic nitrogens is 2. The van der Waals surface area contributed by atoms with Crippen LogP contribution in [0.3, 0.4) is 0 Å². The molecule has 0 aliphatic rings. The van der Waals surface area contributed by atoms with Crippen molar-refractivity contribution in [2.24, 2.45) is 10.7 Å². The number of anilines is 2. The van der Waals surface area contributed by atoms with Crippen molar-refractivity contribution in [2.45, 2.75) is 6.18 Å². The average molecular weight is 408 g/mol. The molecule has 4 N–H and O–H groups in total. The fourth-order valence-electron chi connectivity index (χ4n) is 2.35. The van der Waals surface area contributed by atoms with Gasteiger partial charge in [0.25, 0.3) is 5.91 Å². The first-order valence-electron chi connectivity index (χ1n) is 7.86. The quantitative estimate of drug-likeness (QED) is 0.536. The number of nitrogens with one attached hydrogen (secondary N) is 2. The molecule has 0 saturated heterocycles. The zero-order valence-corrected chi connectivity index (χ0v) is 14.8. The summed E-state index contributed by atoms with van der Waals surface area (Å²) in [5.41, 5.74) is 5.64. The smallest absolute Gasteiger partial charge is 0.365 e. The topological polar surface area (TPSA) is 96.2 Å². The molecule has 0 bridgehead atoms. The number of nitrogens with zero attached hydrogens (tertiary/aromatic N) is 2. The SMILES string of the molecule is NC(=O)c1c(N=Cc2ccc(C(F)(F)F)cc2)n[nH]c1Nc1cccc(Cl)c1. The van der Waals surface area contributed by atoms with Gasteiger partial charge in [-0.3, -0.25) is 9.89 Å². The molecule has 10 heteroatoms. The van der Waals surface area contributed by atoms with E-state index in [1.54, 1.807) is 24.3 Å². The maximum absolute atomic E-state index is 12.6. The molecule has 0 fully saturated rings. The number of carbonyl (C=O) groups excluding carboxylic acids is 1. The molecule has 0 saturated carbocycles. The molecule has 3 rings (SSSR count). The highest BCUT2D eigenvalue weighted by atomic mass is 35.5. The van der Waals surface area contributed by atoms with Crippen molar-refractivity contribution in [2.75, 3.05) is 5.32 Å². The summed E-state index contributed by atoms with van der Waals surface area (Å²) >= 11 is 5.92. The first-order valence-corrected chi connectivity index (χ1v) is 8.24. The maximum Gasteiger partial charge on any atom is 0.416 e. The van der Waals surface area contributed by atoms with Crippen LogP contribution in [0, 0.1) is 0 Å². The van der Waals surface area contributed by atoms with Gasteiger partial charge in [-0.15, -0.1) is 0 Å². The molecular weight excluding hydrogens is 395 g/mol. The van der Waals surface area contributed by atoms with E-state index in [9.17, 15) is 18.0 Å². The highest BCUT2D eigenvalue weighted by molar-refractivity contribution is 6.30. The number of hydrogen-bond acceptors (Lipinski definition) is 4. The second kappa shape index (κ2) is 7.73. The van der Waals surface area contributed by atoms with Gasteiger partial charge in [0.2, 0.25) is 0 Å². The van der Waals surface area contributed by atoms with Gasteiger partial charge in [-0.05, 0) is 35.9 Å². The van der Waals surface area contributed by atoms with Crippen molar-refractivity contribution in [3.05, 3.63) is 70.2 Å².